The van der Waals surface area contributed by atoms with Crippen LogP contribution in [0.2, 0.25) is 0 Å². The number of rotatable bonds is 3. The van der Waals surface area contributed by atoms with Crippen LogP contribution in [0.15, 0.2) is 42.5 Å². The van der Waals surface area contributed by atoms with E-state index in [4.69, 9.17) is 4.74 Å². The number of morpholine rings is 1. The number of carbonyl (C=O) groups excluding carboxylic acids is 2. The number of nitrogens with one attached hydrogen (secondary N) is 1. The first-order valence-corrected chi connectivity index (χ1v) is 8.10. The molecule has 1 heterocycles. The van der Waals surface area contributed by atoms with Crippen molar-refractivity contribution < 1.29 is 18.7 Å². The van der Waals surface area contributed by atoms with Crippen molar-refractivity contribution in [2.75, 3.05) is 31.6 Å². The monoisotopic (exact) mass is 342 g/mol. The second-order valence-electron chi connectivity index (χ2n) is 5.87. The van der Waals surface area contributed by atoms with E-state index in [1.807, 2.05) is 0 Å². The summed E-state index contributed by atoms with van der Waals surface area (Å²) in [7, 11) is 0. The van der Waals surface area contributed by atoms with Crippen molar-refractivity contribution in [2.45, 2.75) is 6.92 Å². The van der Waals surface area contributed by atoms with Gasteiger partial charge in [0.15, 0.2) is 0 Å². The van der Waals surface area contributed by atoms with E-state index in [2.05, 4.69) is 5.32 Å². The fourth-order valence-electron chi connectivity index (χ4n) is 2.65. The first-order chi connectivity index (χ1) is 12.1. The van der Waals surface area contributed by atoms with Crippen molar-refractivity contribution in [2.24, 2.45) is 0 Å². The van der Waals surface area contributed by atoms with E-state index in [-0.39, 0.29) is 11.6 Å². The third-order valence-corrected chi connectivity index (χ3v) is 4.13. The predicted octanol–water partition coefficient (Wildman–Crippen LogP) is 2.86. The molecule has 1 fully saturated rings. The Balaban J connectivity index is 1.70. The Hall–Kier alpha value is -2.73. The van der Waals surface area contributed by atoms with Crippen LogP contribution in [0, 0.1) is 12.7 Å². The fraction of sp³-hybridized carbons (Fsp3) is 0.263. The molecule has 0 radical (unpaired) electrons. The molecule has 1 aliphatic rings. The molecule has 0 bridgehead atoms. The summed E-state index contributed by atoms with van der Waals surface area (Å²) in [6.45, 7) is 3.83. The van der Waals surface area contributed by atoms with Gasteiger partial charge in [-0.1, -0.05) is 12.1 Å². The van der Waals surface area contributed by atoms with E-state index in [9.17, 15) is 14.0 Å². The molecule has 6 heteroatoms. The van der Waals surface area contributed by atoms with Gasteiger partial charge in [0.1, 0.15) is 5.82 Å². The fourth-order valence-corrected chi connectivity index (χ4v) is 2.65. The third-order valence-electron chi connectivity index (χ3n) is 4.13. The average molecular weight is 342 g/mol. The Labute approximate surface area is 145 Å². The second kappa shape index (κ2) is 7.44. The number of benzene rings is 2. The molecule has 3 rings (SSSR count). The van der Waals surface area contributed by atoms with Crippen molar-refractivity contribution in [1.82, 2.24) is 4.90 Å². The summed E-state index contributed by atoms with van der Waals surface area (Å²) in [6, 6.07) is 11.2. The molecule has 0 saturated carbocycles. The van der Waals surface area contributed by atoms with E-state index in [1.165, 1.54) is 6.07 Å². The standard InChI is InChI=1S/C19H19FN2O3/c1-13-3-2-4-16(17(13)20)21-18(23)14-5-7-15(8-6-14)19(24)22-9-11-25-12-10-22/h2-8H,9-12H2,1H3,(H,21,23). The zero-order chi connectivity index (χ0) is 17.8. The minimum atomic E-state index is -0.449. The zero-order valence-corrected chi connectivity index (χ0v) is 13.9. The molecule has 1 saturated heterocycles. The summed E-state index contributed by atoms with van der Waals surface area (Å²) in [5, 5.41) is 2.55. The molecule has 0 atom stereocenters. The second-order valence-corrected chi connectivity index (χ2v) is 5.87. The van der Waals surface area contributed by atoms with Crippen molar-refractivity contribution in [3.05, 3.63) is 65.0 Å². The molecule has 0 aromatic heterocycles. The van der Waals surface area contributed by atoms with Gasteiger partial charge in [0.2, 0.25) is 0 Å². The number of hydrogen-bond acceptors (Lipinski definition) is 3. The summed E-state index contributed by atoms with van der Waals surface area (Å²) in [4.78, 5) is 26.4. The van der Waals surface area contributed by atoms with Gasteiger partial charge < -0.3 is 15.0 Å². The van der Waals surface area contributed by atoms with Gasteiger partial charge >= 0.3 is 0 Å². The molecule has 2 aromatic carbocycles. The largest absolute Gasteiger partial charge is 0.378 e. The smallest absolute Gasteiger partial charge is 0.255 e. The molecule has 130 valence electrons. The molecular formula is C19H19FN2O3. The van der Waals surface area contributed by atoms with Crippen molar-refractivity contribution in [1.29, 1.82) is 0 Å². The molecular weight excluding hydrogens is 323 g/mol. The van der Waals surface area contributed by atoms with Crippen LogP contribution in [0.1, 0.15) is 26.3 Å². The van der Waals surface area contributed by atoms with E-state index < -0.39 is 11.7 Å². The first-order valence-electron chi connectivity index (χ1n) is 8.10. The predicted molar refractivity (Wildman–Crippen MR) is 92.3 cm³/mol. The van der Waals surface area contributed by atoms with E-state index >= 15 is 0 Å². The maximum atomic E-state index is 14.0. The van der Waals surface area contributed by atoms with Gasteiger partial charge in [-0.15, -0.1) is 0 Å². The molecule has 2 aromatic rings. The molecule has 0 aliphatic carbocycles. The Morgan fingerprint density at radius 2 is 1.68 bits per heavy atom. The van der Waals surface area contributed by atoms with E-state index in [0.29, 0.717) is 43.0 Å². The summed E-state index contributed by atoms with van der Waals surface area (Å²) < 4.78 is 19.2. The highest BCUT2D eigenvalue weighted by Crippen LogP contribution is 2.18. The number of ether oxygens (including phenoxy) is 1. The Kier molecular flexibility index (Phi) is 5.09. The highest BCUT2D eigenvalue weighted by atomic mass is 19.1. The van der Waals surface area contributed by atoms with Crippen LogP contribution in [0.5, 0.6) is 0 Å². The van der Waals surface area contributed by atoms with E-state index in [1.54, 1.807) is 48.2 Å². The van der Waals surface area contributed by atoms with Gasteiger partial charge in [-0.25, -0.2) is 4.39 Å². The highest BCUT2D eigenvalue weighted by molar-refractivity contribution is 6.05. The topological polar surface area (TPSA) is 58.6 Å². The lowest BCUT2D eigenvalue weighted by Crippen LogP contribution is -2.40. The van der Waals surface area contributed by atoms with Crippen LogP contribution in [-0.4, -0.2) is 43.0 Å². The Morgan fingerprint density at radius 3 is 2.36 bits per heavy atom. The lowest BCUT2D eigenvalue weighted by atomic mass is 10.1. The van der Waals surface area contributed by atoms with Gasteiger partial charge in [-0.05, 0) is 42.8 Å². The van der Waals surface area contributed by atoms with Gasteiger partial charge in [0, 0.05) is 24.2 Å². The first kappa shape index (κ1) is 17.1. The van der Waals surface area contributed by atoms with Gasteiger partial charge in [0.25, 0.3) is 11.8 Å². The lowest BCUT2D eigenvalue weighted by molar-refractivity contribution is 0.0303. The molecule has 0 unspecified atom stereocenters. The van der Waals surface area contributed by atoms with Crippen LogP contribution in [0.25, 0.3) is 0 Å². The maximum absolute atomic E-state index is 14.0. The molecule has 1 aliphatic heterocycles. The number of amides is 2. The normalized spacial score (nSPS) is 14.2. The van der Waals surface area contributed by atoms with Crippen LogP contribution >= 0.6 is 0 Å². The maximum Gasteiger partial charge on any atom is 0.255 e. The summed E-state index contributed by atoms with van der Waals surface area (Å²) >= 11 is 0. The number of anilines is 1. The number of halogens is 1. The van der Waals surface area contributed by atoms with Gasteiger partial charge in [-0.2, -0.15) is 0 Å². The Bertz CT molecular complexity index is 784. The summed E-state index contributed by atoms with van der Waals surface area (Å²) in [5.41, 5.74) is 1.47. The van der Waals surface area contributed by atoms with E-state index in [0.717, 1.165) is 0 Å². The minimum absolute atomic E-state index is 0.0833. The molecule has 2 amide bonds. The Morgan fingerprint density at radius 1 is 1.04 bits per heavy atom. The van der Waals surface area contributed by atoms with Crippen LogP contribution in [-0.2, 0) is 4.74 Å². The number of aryl methyl sites for hydroxylation is 1. The van der Waals surface area contributed by atoms with Crippen LogP contribution in [0.3, 0.4) is 0 Å². The third kappa shape index (κ3) is 3.85. The average Bonchev–Trinajstić information content (AvgIpc) is 2.65. The SMILES string of the molecule is Cc1cccc(NC(=O)c2ccc(C(=O)N3CCOCC3)cc2)c1F. The number of nitrogens with zero attached hydrogens (tertiary/aromatic N) is 1. The summed E-state index contributed by atoms with van der Waals surface area (Å²) in [5.74, 6) is -0.954. The molecule has 0 spiro atoms. The van der Waals surface area contributed by atoms with Crippen molar-refractivity contribution in [3.63, 3.8) is 0 Å². The lowest BCUT2D eigenvalue weighted by Gasteiger charge is -2.26. The van der Waals surface area contributed by atoms with Crippen LogP contribution < -0.4 is 5.32 Å². The summed E-state index contributed by atoms with van der Waals surface area (Å²) in [6.07, 6.45) is 0. The molecule has 25 heavy (non-hydrogen) atoms. The minimum Gasteiger partial charge on any atom is -0.378 e. The van der Waals surface area contributed by atoms with Crippen LogP contribution in [0.4, 0.5) is 10.1 Å². The zero-order valence-electron chi connectivity index (χ0n) is 13.9. The highest BCUT2D eigenvalue weighted by Gasteiger charge is 2.19. The van der Waals surface area contributed by atoms with Crippen molar-refractivity contribution >= 4 is 17.5 Å². The van der Waals surface area contributed by atoms with Crippen molar-refractivity contribution in [3.8, 4) is 0 Å². The molecule has 1 N–H and O–H groups in total. The number of hydrogen-bond donors (Lipinski definition) is 1. The molecule has 5 nitrogen and oxygen atoms in total. The number of carbonyl (C=O) groups is 2. The van der Waals surface area contributed by atoms with Gasteiger partial charge in [-0.3, -0.25) is 9.59 Å². The van der Waals surface area contributed by atoms with Gasteiger partial charge in [0.05, 0.1) is 18.9 Å². The quantitative estimate of drug-likeness (QED) is 0.933.